The molecule has 17 N–H and O–H groups in total. The molecule has 1 saturated heterocycles. The lowest BCUT2D eigenvalue weighted by Crippen LogP contribution is -2.61. The number of carbonyl (C=O) groups is 8. The van der Waals surface area contributed by atoms with Crippen LogP contribution < -0.4 is 38.9 Å². The summed E-state index contributed by atoms with van der Waals surface area (Å²) in [5, 5.41) is 67.8. The number of carboxylic acids is 2. The first-order valence-electron chi connectivity index (χ1n) is 25.8. The molecule has 0 spiro atoms. The summed E-state index contributed by atoms with van der Waals surface area (Å²) in [6, 6.07) is -3.63. The van der Waals surface area contributed by atoms with E-state index in [2.05, 4.69) is 31.9 Å². The summed E-state index contributed by atoms with van der Waals surface area (Å²) in [6.07, 6.45) is -5.94. The van der Waals surface area contributed by atoms with Gasteiger partial charge >= 0.3 is 24.1 Å². The third-order valence-corrected chi connectivity index (χ3v) is 12.6. The molecule has 0 aromatic carbocycles. The predicted octanol–water partition coefficient (Wildman–Crippen LogP) is -5.10. The lowest BCUT2D eigenvalue weighted by atomic mass is 9.85. The number of ether oxygens (including phenoxy) is 8. The number of aliphatic carboxylic acids is 2. The SMILES string of the molecule is C#CCOCCOCCOCCOCCC(=O)N1C[C@@H](C(=O)CCCNC(=O)O[C@@H]([C@@H]2OC(C(=O)O)=C[C@H](N=C(N)N)[C@H]2C)[C@H](O)CO)[C@H](C(=O)CCCNC(=O)O[C@@H]([C@@H]2OC(C(=O)O)=C[C@H](N=C(N)N)[C@H]2NC(C)=O)[C@H](O)CO)C1. The van der Waals surface area contributed by atoms with E-state index < -0.39 is 151 Å². The molecule has 81 heavy (non-hydrogen) atoms. The van der Waals surface area contributed by atoms with Crippen molar-refractivity contribution >= 4 is 59.4 Å². The number of aliphatic imine (C=N–C) groups is 2. The summed E-state index contributed by atoms with van der Waals surface area (Å²) in [4.78, 5) is 113. The van der Waals surface area contributed by atoms with Gasteiger partial charge < -0.3 is 112 Å². The van der Waals surface area contributed by atoms with Crippen LogP contribution in [0.1, 0.15) is 46.0 Å². The monoisotopic (exact) mass is 1160 g/mol. The number of hydrogen-bond acceptors (Lipinski definition) is 22. The Bertz CT molecular complexity index is 2290. The van der Waals surface area contributed by atoms with Gasteiger partial charge in [-0.3, -0.25) is 19.2 Å². The fourth-order valence-corrected chi connectivity index (χ4v) is 8.72. The second-order valence-corrected chi connectivity index (χ2v) is 18.6. The molecule has 0 bridgehead atoms. The number of nitrogens with two attached hydrogens (primary N) is 4. The van der Waals surface area contributed by atoms with Crippen LogP contribution >= 0.6 is 0 Å². The van der Waals surface area contributed by atoms with Crippen molar-refractivity contribution in [3.63, 3.8) is 0 Å². The number of aliphatic hydroxyl groups excluding tert-OH is 4. The molecule has 0 aliphatic carbocycles. The van der Waals surface area contributed by atoms with Crippen LogP contribution in [-0.4, -0.2) is 242 Å². The molecule has 454 valence electrons. The first-order chi connectivity index (χ1) is 38.5. The first-order valence-corrected chi connectivity index (χ1v) is 25.8. The van der Waals surface area contributed by atoms with Crippen molar-refractivity contribution in [1.29, 1.82) is 0 Å². The zero-order chi connectivity index (χ0) is 60.2. The number of hydrogen-bond donors (Lipinski definition) is 13. The minimum Gasteiger partial charge on any atom is -0.479 e. The number of Topliss-reactive ketones (excluding diaryl/α,β-unsaturated/α-hetero) is 2. The standard InChI is InChI=1S/C49H76N10O22/c1-4-12-74-14-16-76-18-19-77-17-15-75-13-9-38(67)59-22-28(32(63)7-5-10-54-48(72)80-41(34(65)24-60)40-26(2)30(57-46(50)51)20-36(78-40)44(68)69)29(23-59)33(64)8-6-11-55-49(73)81-42(35(66)25-61)43-39(56-27(3)62)31(58-47(52)53)21-37(79-43)45(70)71/h1,20-21,26,28-31,34-35,39-43,60-61,65-66H,5-19,22-25H2,2-3H3,(H,54,72)(H,55,73)(H,56,62)(H,68,69)(H,70,71)(H4,50,51,57)(H4,52,53,58)/t26-,28-,29-,30+,31+,34-,35-,39-,40-,41-,42-,43-/m1/s1. The number of likely N-dealkylation sites (tertiary alicyclic amines) is 1. The van der Waals surface area contributed by atoms with Gasteiger partial charge in [-0.2, -0.15) is 0 Å². The molecule has 32 heteroatoms. The summed E-state index contributed by atoms with van der Waals surface area (Å²) in [6.45, 7) is 1.77. The summed E-state index contributed by atoms with van der Waals surface area (Å²) in [7, 11) is 0. The predicted molar refractivity (Wildman–Crippen MR) is 279 cm³/mol. The Morgan fingerprint density at radius 3 is 1.57 bits per heavy atom. The van der Waals surface area contributed by atoms with E-state index in [-0.39, 0.29) is 97.3 Å². The topological polar surface area (TPSA) is 500 Å². The minimum absolute atomic E-state index is 0.00997. The molecule has 0 unspecified atom stereocenters. The van der Waals surface area contributed by atoms with E-state index in [0.29, 0.717) is 19.8 Å². The molecular weight excluding hydrogens is 1080 g/mol. The van der Waals surface area contributed by atoms with Crippen molar-refractivity contribution in [3.8, 4) is 12.3 Å². The zero-order valence-electron chi connectivity index (χ0n) is 45.0. The molecule has 3 rings (SSSR count). The van der Waals surface area contributed by atoms with Gasteiger partial charge in [0.1, 0.15) is 36.5 Å². The van der Waals surface area contributed by atoms with Crippen LogP contribution in [0.15, 0.2) is 33.7 Å². The summed E-state index contributed by atoms with van der Waals surface area (Å²) >= 11 is 0. The highest BCUT2D eigenvalue weighted by molar-refractivity contribution is 5.92. The number of ketones is 2. The lowest BCUT2D eigenvalue weighted by molar-refractivity contribution is -0.147. The molecule has 0 saturated carbocycles. The molecule has 0 radical (unpaired) electrons. The Hall–Kier alpha value is -7.38. The largest absolute Gasteiger partial charge is 0.479 e. The fraction of sp³-hybridized carbons (Fsp3) is 0.673. The van der Waals surface area contributed by atoms with Gasteiger partial charge in [0.15, 0.2) is 30.2 Å². The molecule has 3 aliphatic rings. The number of amides is 4. The number of carbonyl (C=O) groups excluding carboxylic acids is 6. The average Bonchev–Trinajstić information content (AvgIpc) is 3.93. The molecule has 1 fully saturated rings. The Morgan fingerprint density at radius 1 is 0.691 bits per heavy atom. The van der Waals surface area contributed by atoms with Gasteiger partial charge in [0.05, 0.1) is 84.0 Å². The van der Waals surface area contributed by atoms with E-state index in [1.54, 1.807) is 0 Å². The van der Waals surface area contributed by atoms with Gasteiger partial charge in [0.25, 0.3) is 0 Å². The highest BCUT2D eigenvalue weighted by atomic mass is 16.6. The van der Waals surface area contributed by atoms with Crippen molar-refractivity contribution in [2.75, 3.05) is 92.2 Å². The molecule has 3 aliphatic heterocycles. The molecule has 0 aromatic heterocycles. The fourth-order valence-electron chi connectivity index (χ4n) is 8.72. The Labute approximate surface area is 465 Å². The van der Waals surface area contributed by atoms with Crippen LogP contribution in [0.2, 0.25) is 0 Å². The van der Waals surface area contributed by atoms with Gasteiger partial charge in [-0.1, -0.05) is 12.8 Å². The maximum atomic E-state index is 13.9. The van der Waals surface area contributed by atoms with Crippen molar-refractivity contribution in [2.45, 2.75) is 101 Å². The maximum Gasteiger partial charge on any atom is 0.407 e. The molecule has 4 amide bonds. The Morgan fingerprint density at radius 2 is 1.12 bits per heavy atom. The molecule has 12 atom stereocenters. The second kappa shape index (κ2) is 35.4. The number of terminal acetylenes is 1. The smallest absolute Gasteiger partial charge is 0.407 e. The average molecular weight is 1160 g/mol. The first kappa shape index (κ1) is 67.9. The third-order valence-electron chi connectivity index (χ3n) is 12.6. The van der Waals surface area contributed by atoms with E-state index >= 15 is 0 Å². The van der Waals surface area contributed by atoms with Gasteiger partial charge in [-0.05, 0) is 25.0 Å². The quantitative estimate of drug-likeness (QED) is 0.0121. The zero-order valence-corrected chi connectivity index (χ0v) is 45.0. The number of carboxylic acid groups (broad SMARTS) is 2. The molecule has 3 heterocycles. The summed E-state index contributed by atoms with van der Waals surface area (Å²) in [5.74, 6) is -7.78. The number of nitrogens with zero attached hydrogens (tertiary/aromatic N) is 3. The van der Waals surface area contributed by atoms with E-state index in [9.17, 15) is 69.0 Å². The van der Waals surface area contributed by atoms with E-state index in [1.165, 1.54) is 11.8 Å². The molecule has 0 aromatic rings. The highest BCUT2D eigenvalue weighted by Crippen LogP contribution is 2.32. The summed E-state index contributed by atoms with van der Waals surface area (Å²) in [5.41, 5.74) is 22.1. The van der Waals surface area contributed by atoms with E-state index in [0.717, 1.165) is 19.1 Å². The van der Waals surface area contributed by atoms with Crippen molar-refractivity contribution in [1.82, 2.24) is 20.9 Å². The van der Waals surface area contributed by atoms with Crippen LogP contribution in [0.5, 0.6) is 0 Å². The van der Waals surface area contributed by atoms with Crippen LogP contribution in [0.3, 0.4) is 0 Å². The summed E-state index contributed by atoms with van der Waals surface area (Å²) < 4.78 is 43.4. The van der Waals surface area contributed by atoms with Gasteiger partial charge in [0, 0.05) is 63.7 Å². The van der Waals surface area contributed by atoms with E-state index in [4.69, 9.17) is 67.3 Å². The Kier molecular flexibility index (Phi) is 29.6. The van der Waals surface area contributed by atoms with Gasteiger partial charge in [-0.25, -0.2) is 29.2 Å². The van der Waals surface area contributed by atoms with Gasteiger partial charge in [0.2, 0.25) is 23.3 Å². The third kappa shape index (κ3) is 23.0. The molecule has 32 nitrogen and oxygen atoms in total. The van der Waals surface area contributed by atoms with Crippen LogP contribution in [0.25, 0.3) is 0 Å². The highest BCUT2D eigenvalue weighted by Gasteiger charge is 2.48. The number of alkyl carbamates (subject to hydrolysis) is 2. The van der Waals surface area contributed by atoms with Crippen LogP contribution in [0.4, 0.5) is 9.59 Å². The maximum absolute atomic E-state index is 13.9. The van der Waals surface area contributed by atoms with Crippen molar-refractivity contribution in [2.24, 2.45) is 50.7 Å². The number of rotatable bonds is 36. The number of aliphatic hydroxyl groups is 4. The number of nitrogens with one attached hydrogen (secondary N) is 3. The molecular formula is C49H76N10O22. The Balaban J connectivity index is 1.67. The normalized spacial score (nSPS) is 22.7. The van der Waals surface area contributed by atoms with Crippen molar-refractivity contribution < 1.29 is 107 Å². The van der Waals surface area contributed by atoms with Crippen LogP contribution in [0, 0.1) is 30.1 Å². The minimum atomic E-state index is -1.91. The van der Waals surface area contributed by atoms with E-state index in [1.807, 2.05) is 0 Å². The lowest BCUT2D eigenvalue weighted by Gasteiger charge is -2.39. The second-order valence-electron chi connectivity index (χ2n) is 18.6. The number of guanidine groups is 2. The van der Waals surface area contributed by atoms with Gasteiger partial charge in [-0.15, -0.1) is 6.42 Å². The van der Waals surface area contributed by atoms with Crippen molar-refractivity contribution in [3.05, 3.63) is 23.7 Å². The van der Waals surface area contributed by atoms with Crippen LogP contribution in [-0.2, 0) is 66.7 Å².